The number of anilines is 3. The molecule has 0 saturated carbocycles. The standard InChI is InChI=1S/C21H29N5O/c1-15-6-8-17(9-7-15)23-20-22-16(2)14-18(24-20)25-10-12-26(13-11-25)19(27)21(3,4)5/h6-9,14H,10-13H2,1-5H3,(H,22,23,24). The highest BCUT2D eigenvalue weighted by molar-refractivity contribution is 5.81. The lowest BCUT2D eigenvalue weighted by molar-refractivity contribution is -0.139. The van der Waals surface area contributed by atoms with Gasteiger partial charge in [0.2, 0.25) is 11.9 Å². The van der Waals surface area contributed by atoms with Crippen LogP contribution in [0.25, 0.3) is 0 Å². The second-order valence-corrected chi connectivity index (χ2v) is 8.21. The smallest absolute Gasteiger partial charge is 0.229 e. The molecule has 0 unspecified atom stereocenters. The van der Waals surface area contributed by atoms with Crippen LogP contribution in [0.15, 0.2) is 30.3 Å². The van der Waals surface area contributed by atoms with E-state index in [9.17, 15) is 4.79 Å². The van der Waals surface area contributed by atoms with Crippen LogP contribution in [-0.4, -0.2) is 47.0 Å². The van der Waals surface area contributed by atoms with Gasteiger partial charge in [-0.25, -0.2) is 4.98 Å². The number of carbonyl (C=O) groups excluding carboxylic acids is 1. The molecule has 2 aromatic rings. The van der Waals surface area contributed by atoms with Crippen molar-refractivity contribution in [3.63, 3.8) is 0 Å². The summed E-state index contributed by atoms with van der Waals surface area (Å²) in [5.41, 5.74) is 2.77. The van der Waals surface area contributed by atoms with Gasteiger partial charge in [0, 0.05) is 49.0 Å². The van der Waals surface area contributed by atoms with Crippen LogP contribution in [0, 0.1) is 19.3 Å². The quantitative estimate of drug-likeness (QED) is 0.899. The van der Waals surface area contributed by atoms with Gasteiger partial charge in [0.1, 0.15) is 5.82 Å². The molecule has 3 rings (SSSR count). The first-order valence-corrected chi connectivity index (χ1v) is 9.46. The van der Waals surface area contributed by atoms with Gasteiger partial charge in [0.05, 0.1) is 0 Å². The van der Waals surface area contributed by atoms with E-state index in [2.05, 4.69) is 34.3 Å². The predicted molar refractivity (Wildman–Crippen MR) is 109 cm³/mol. The van der Waals surface area contributed by atoms with E-state index in [0.717, 1.165) is 43.4 Å². The van der Waals surface area contributed by atoms with Gasteiger partial charge in [0.15, 0.2) is 0 Å². The molecule has 0 radical (unpaired) electrons. The van der Waals surface area contributed by atoms with E-state index in [1.807, 2.05) is 50.8 Å². The van der Waals surface area contributed by atoms with E-state index in [4.69, 9.17) is 4.98 Å². The zero-order valence-corrected chi connectivity index (χ0v) is 16.9. The number of carbonyl (C=O) groups is 1. The molecule has 0 spiro atoms. The van der Waals surface area contributed by atoms with Gasteiger partial charge in [0.25, 0.3) is 0 Å². The minimum absolute atomic E-state index is 0.211. The highest BCUT2D eigenvalue weighted by atomic mass is 16.2. The van der Waals surface area contributed by atoms with E-state index >= 15 is 0 Å². The lowest BCUT2D eigenvalue weighted by atomic mass is 9.94. The Bertz CT molecular complexity index is 802. The number of benzene rings is 1. The van der Waals surface area contributed by atoms with Crippen molar-refractivity contribution < 1.29 is 4.79 Å². The minimum atomic E-state index is -0.335. The molecule has 1 aromatic carbocycles. The average Bonchev–Trinajstić information content (AvgIpc) is 2.62. The number of nitrogens with one attached hydrogen (secondary N) is 1. The Morgan fingerprint density at radius 2 is 1.63 bits per heavy atom. The fourth-order valence-electron chi connectivity index (χ4n) is 3.15. The van der Waals surface area contributed by atoms with Gasteiger partial charge >= 0.3 is 0 Å². The zero-order valence-electron chi connectivity index (χ0n) is 16.9. The van der Waals surface area contributed by atoms with Crippen molar-refractivity contribution >= 4 is 23.4 Å². The third-order valence-corrected chi connectivity index (χ3v) is 4.68. The van der Waals surface area contributed by atoms with Gasteiger partial charge < -0.3 is 15.1 Å². The molecular formula is C21H29N5O. The number of hydrogen-bond donors (Lipinski definition) is 1. The summed E-state index contributed by atoms with van der Waals surface area (Å²) in [7, 11) is 0. The molecule has 0 bridgehead atoms. The van der Waals surface area contributed by atoms with Crippen LogP contribution in [0.3, 0.4) is 0 Å². The molecule has 1 aliphatic heterocycles. The lowest BCUT2D eigenvalue weighted by Crippen LogP contribution is -2.51. The van der Waals surface area contributed by atoms with Crippen LogP contribution >= 0.6 is 0 Å². The first-order valence-electron chi connectivity index (χ1n) is 9.46. The van der Waals surface area contributed by atoms with Gasteiger partial charge in [-0.15, -0.1) is 0 Å². The Morgan fingerprint density at radius 3 is 2.22 bits per heavy atom. The molecule has 1 amide bonds. The van der Waals surface area contributed by atoms with Crippen molar-refractivity contribution in [3.8, 4) is 0 Å². The molecule has 1 N–H and O–H groups in total. The predicted octanol–water partition coefficient (Wildman–Crippen LogP) is 3.53. The summed E-state index contributed by atoms with van der Waals surface area (Å²) in [6.07, 6.45) is 0. The summed E-state index contributed by atoms with van der Waals surface area (Å²) in [4.78, 5) is 25.9. The van der Waals surface area contributed by atoms with Crippen LogP contribution in [0.2, 0.25) is 0 Å². The normalized spacial score (nSPS) is 15.0. The van der Waals surface area contributed by atoms with Crippen LogP contribution in [0.5, 0.6) is 0 Å². The number of amides is 1. The first-order chi connectivity index (χ1) is 12.7. The van der Waals surface area contributed by atoms with E-state index in [0.29, 0.717) is 5.95 Å². The molecule has 144 valence electrons. The zero-order chi connectivity index (χ0) is 19.6. The number of aromatic nitrogens is 2. The van der Waals surface area contributed by atoms with Gasteiger partial charge in [-0.05, 0) is 26.0 Å². The summed E-state index contributed by atoms with van der Waals surface area (Å²) >= 11 is 0. The molecule has 1 aromatic heterocycles. The largest absolute Gasteiger partial charge is 0.353 e. The summed E-state index contributed by atoms with van der Waals surface area (Å²) in [6, 6.07) is 10.2. The van der Waals surface area contributed by atoms with Crippen molar-refractivity contribution in [1.82, 2.24) is 14.9 Å². The third-order valence-electron chi connectivity index (χ3n) is 4.68. The molecule has 1 saturated heterocycles. The topological polar surface area (TPSA) is 61.4 Å². The second kappa shape index (κ2) is 7.55. The van der Waals surface area contributed by atoms with Crippen LogP contribution in [-0.2, 0) is 4.79 Å². The second-order valence-electron chi connectivity index (χ2n) is 8.21. The van der Waals surface area contributed by atoms with E-state index in [-0.39, 0.29) is 11.3 Å². The number of hydrogen-bond acceptors (Lipinski definition) is 5. The fourth-order valence-corrected chi connectivity index (χ4v) is 3.15. The van der Waals surface area contributed by atoms with Crippen molar-refractivity contribution in [2.45, 2.75) is 34.6 Å². The van der Waals surface area contributed by atoms with Crippen LogP contribution in [0.4, 0.5) is 17.5 Å². The maximum absolute atomic E-state index is 12.5. The summed E-state index contributed by atoms with van der Waals surface area (Å²) in [5, 5.41) is 3.28. The Kier molecular flexibility index (Phi) is 5.35. The van der Waals surface area contributed by atoms with Crippen molar-refractivity contribution in [2.75, 3.05) is 36.4 Å². The van der Waals surface area contributed by atoms with Crippen molar-refractivity contribution in [1.29, 1.82) is 0 Å². The third kappa shape index (κ3) is 4.76. The van der Waals surface area contributed by atoms with E-state index < -0.39 is 0 Å². The van der Waals surface area contributed by atoms with Crippen LogP contribution < -0.4 is 10.2 Å². The van der Waals surface area contributed by atoms with Gasteiger partial charge in [-0.1, -0.05) is 38.5 Å². The molecule has 1 fully saturated rings. The van der Waals surface area contributed by atoms with E-state index in [1.54, 1.807) is 0 Å². The average molecular weight is 367 g/mol. The van der Waals surface area contributed by atoms with Gasteiger partial charge in [-0.3, -0.25) is 4.79 Å². The maximum atomic E-state index is 12.5. The molecular weight excluding hydrogens is 338 g/mol. The monoisotopic (exact) mass is 367 g/mol. The van der Waals surface area contributed by atoms with E-state index in [1.165, 1.54) is 5.56 Å². The van der Waals surface area contributed by atoms with Crippen molar-refractivity contribution in [3.05, 3.63) is 41.6 Å². The Hall–Kier alpha value is -2.63. The molecule has 6 heteroatoms. The maximum Gasteiger partial charge on any atom is 0.229 e. The molecule has 0 aliphatic carbocycles. The molecule has 1 aliphatic rings. The molecule has 0 atom stereocenters. The highest BCUT2D eigenvalue weighted by Gasteiger charge is 2.30. The molecule has 2 heterocycles. The fraction of sp³-hybridized carbons (Fsp3) is 0.476. The minimum Gasteiger partial charge on any atom is -0.353 e. The SMILES string of the molecule is Cc1ccc(Nc2nc(C)cc(N3CCN(C(=O)C(C)(C)C)CC3)n2)cc1. The Balaban J connectivity index is 1.70. The Labute approximate surface area is 161 Å². The first kappa shape index (κ1) is 19.1. The van der Waals surface area contributed by atoms with Gasteiger partial charge in [-0.2, -0.15) is 4.98 Å². The van der Waals surface area contributed by atoms with Crippen molar-refractivity contribution in [2.24, 2.45) is 5.41 Å². The number of nitrogens with zero attached hydrogens (tertiary/aromatic N) is 4. The summed E-state index contributed by atoms with van der Waals surface area (Å²) in [6.45, 7) is 13.0. The summed E-state index contributed by atoms with van der Waals surface area (Å²) < 4.78 is 0. The van der Waals surface area contributed by atoms with Crippen LogP contribution in [0.1, 0.15) is 32.0 Å². The number of piperazine rings is 1. The Morgan fingerprint density at radius 1 is 1.00 bits per heavy atom. The summed E-state index contributed by atoms with van der Waals surface area (Å²) in [5.74, 6) is 1.71. The number of aryl methyl sites for hydroxylation is 2. The number of rotatable bonds is 3. The highest BCUT2D eigenvalue weighted by Crippen LogP contribution is 2.22. The molecule has 27 heavy (non-hydrogen) atoms. The lowest BCUT2D eigenvalue weighted by Gasteiger charge is -2.38. The molecule has 6 nitrogen and oxygen atoms in total.